The van der Waals surface area contributed by atoms with E-state index < -0.39 is 6.04 Å². The van der Waals surface area contributed by atoms with Gasteiger partial charge in [0.2, 0.25) is 11.8 Å². The standard InChI is InChI=1S/C23H36N4O3S/c1-6-17(4)21(25-20(28)15-31-19-10-8-7-9-11-19)22(29)26-12-13-27(18(5)14-26)23(30)24-16(2)3/h7-11,16-18,21H,6,12-15H2,1-5H3,(H,24,30)(H,25,28). The molecule has 0 saturated carbocycles. The second-order valence-electron chi connectivity index (χ2n) is 8.46. The number of rotatable bonds is 8. The molecule has 1 aromatic carbocycles. The SMILES string of the molecule is CCC(C)C(NC(=O)CSc1ccccc1)C(=O)N1CCN(C(=O)NC(C)C)C(C)C1. The largest absolute Gasteiger partial charge is 0.343 e. The van der Waals surface area contributed by atoms with Crippen molar-refractivity contribution < 1.29 is 14.4 Å². The lowest BCUT2D eigenvalue weighted by Crippen LogP contribution is -2.61. The van der Waals surface area contributed by atoms with E-state index in [1.54, 1.807) is 9.80 Å². The molecule has 1 aliphatic rings. The number of amides is 4. The summed E-state index contributed by atoms with van der Waals surface area (Å²) in [5.74, 6) is 0.0819. The summed E-state index contributed by atoms with van der Waals surface area (Å²) in [4.78, 5) is 42.8. The predicted octanol–water partition coefficient (Wildman–Crippen LogP) is 2.96. The first-order valence-corrected chi connectivity index (χ1v) is 12.0. The summed E-state index contributed by atoms with van der Waals surface area (Å²) in [6.45, 7) is 11.2. The van der Waals surface area contributed by atoms with Crippen LogP contribution in [0.5, 0.6) is 0 Å². The average Bonchev–Trinajstić information content (AvgIpc) is 2.75. The molecule has 1 heterocycles. The van der Waals surface area contributed by atoms with Gasteiger partial charge in [-0.1, -0.05) is 38.5 Å². The van der Waals surface area contributed by atoms with Crippen LogP contribution in [0, 0.1) is 5.92 Å². The Morgan fingerprint density at radius 2 is 1.77 bits per heavy atom. The predicted molar refractivity (Wildman–Crippen MR) is 125 cm³/mol. The molecule has 172 valence electrons. The number of piperazine rings is 1. The highest BCUT2D eigenvalue weighted by atomic mass is 32.2. The number of thioether (sulfide) groups is 1. The fraction of sp³-hybridized carbons (Fsp3) is 0.609. The van der Waals surface area contributed by atoms with Crippen LogP contribution < -0.4 is 10.6 Å². The van der Waals surface area contributed by atoms with Crippen molar-refractivity contribution in [1.82, 2.24) is 20.4 Å². The zero-order valence-electron chi connectivity index (χ0n) is 19.3. The molecule has 0 aromatic heterocycles. The summed E-state index contributed by atoms with van der Waals surface area (Å²) in [5.41, 5.74) is 0. The maximum atomic E-state index is 13.3. The molecule has 1 saturated heterocycles. The number of nitrogens with zero attached hydrogens (tertiary/aromatic N) is 2. The Morgan fingerprint density at radius 1 is 1.10 bits per heavy atom. The molecule has 1 aliphatic heterocycles. The number of nitrogens with one attached hydrogen (secondary N) is 2. The van der Waals surface area contributed by atoms with Gasteiger partial charge in [0.15, 0.2) is 0 Å². The molecule has 0 radical (unpaired) electrons. The lowest BCUT2D eigenvalue weighted by Gasteiger charge is -2.41. The molecule has 0 spiro atoms. The van der Waals surface area contributed by atoms with Crippen molar-refractivity contribution in [3.05, 3.63) is 30.3 Å². The maximum absolute atomic E-state index is 13.3. The molecule has 7 nitrogen and oxygen atoms in total. The maximum Gasteiger partial charge on any atom is 0.317 e. The number of urea groups is 1. The first kappa shape index (κ1) is 25.0. The van der Waals surface area contributed by atoms with Crippen molar-refractivity contribution in [2.45, 2.75) is 64.1 Å². The lowest BCUT2D eigenvalue weighted by atomic mass is 9.97. The number of hydrogen-bond donors (Lipinski definition) is 2. The van der Waals surface area contributed by atoms with Gasteiger partial charge in [0.25, 0.3) is 0 Å². The molecule has 1 aromatic rings. The lowest BCUT2D eigenvalue weighted by molar-refractivity contribution is -0.139. The molecule has 3 atom stereocenters. The van der Waals surface area contributed by atoms with E-state index in [4.69, 9.17) is 0 Å². The van der Waals surface area contributed by atoms with Crippen LogP contribution >= 0.6 is 11.8 Å². The van der Waals surface area contributed by atoms with E-state index in [2.05, 4.69) is 10.6 Å². The van der Waals surface area contributed by atoms with Gasteiger partial charge in [-0.05, 0) is 38.8 Å². The molecule has 31 heavy (non-hydrogen) atoms. The second kappa shape index (κ2) is 12.0. The Balaban J connectivity index is 1.96. The van der Waals surface area contributed by atoms with E-state index >= 15 is 0 Å². The van der Waals surface area contributed by atoms with Gasteiger partial charge < -0.3 is 20.4 Å². The molecule has 4 amide bonds. The smallest absolute Gasteiger partial charge is 0.317 e. The van der Waals surface area contributed by atoms with Crippen molar-refractivity contribution in [3.8, 4) is 0 Å². The third-order valence-electron chi connectivity index (χ3n) is 5.52. The molecule has 2 rings (SSSR count). The zero-order valence-corrected chi connectivity index (χ0v) is 20.1. The first-order valence-electron chi connectivity index (χ1n) is 11.1. The quantitative estimate of drug-likeness (QED) is 0.599. The van der Waals surface area contributed by atoms with Crippen LogP contribution in [0.3, 0.4) is 0 Å². The number of carbonyl (C=O) groups excluding carboxylic acids is 3. The van der Waals surface area contributed by atoms with Crippen molar-refractivity contribution in [2.24, 2.45) is 5.92 Å². The van der Waals surface area contributed by atoms with Crippen molar-refractivity contribution in [3.63, 3.8) is 0 Å². The fourth-order valence-electron chi connectivity index (χ4n) is 3.55. The monoisotopic (exact) mass is 448 g/mol. The molecule has 8 heteroatoms. The van der Waals surface area contributed by atoms with Gasteiger partial charge in [0.1, 0.15) is 6.04 Å². The van der Waals surface area contributed by atoms with E-state index in [1.807, 2.05) is 65.0 Å². The van der Waals surface area contributed by atoms with Gasteiger partial charge in [-0.25, -0.2) is 4.79 Å². The summed E-state index contributed by atoms with van der Waals surface area (Å²) in [5, 5.41) is 5.88. The minimum absolute atomic E-state index is 0.0238. The van der Waals surface area contributed by atoms with E-state index in [9.17, 15) is 14.4 Å². The Morgan fingerprint density at radius 3 is 2.35 bits per heavy atom. The van der Waals surface area contributed by atoms with Crippen LogP contribution in [0.15, 0.2) is 35.2 Å². The number of benzene rings is 1. The van der Waals surface area contributed by atoms with Gasteiger partial charge in [-0.15, -0.1) is 11.8 Å². The summed E-state index contributed by atoms with van der Waals surface area (Å²) in [6, 6.07) is 9.07. The summed E-state index contributed by atoms with van der Waals surface area (Å²) >= 11 is 1.46. The molecule has 1 fully saturated rings. The number of carbonyl (C=O) groups is 3. The second-order valence-corrected chi connectivity index (χ2v) is 9.51. The molecular formula is C23H36N4O3S. The van der Waals surface area contributed by atoms with Crippen LogP contribution in [-0.2, 0) is 9.59 Å². The van der Waals surface area contributed by atoms with E-state index in [1.165, 1.54) is 11.8 Å². The van der Waals surface area contributed by atoms with Crippen LogP contribution in [-0.4, -0.2) is 71.2 Å². The highest BCUT2D eigenvalue weighted by molar-refractivity contribution is 8.00. The van der Waals surface area contributed by atoms with E-state index in [0.29, 0.717) is 19.6 Å². The Bertz CT molecular complexity index is 744. The van der Waals surface area contributed by atoms with E-state index in [-0.39, 0.29) is 41.6 Å². The van der Waals surface area contributed by atoms with E-state index in [0.717, 1.165) is 11.3 Å². The normalized spacial score (nSPS) is 18.5. The highest BCUT2D eigenvalue weighted by Crippen LogP contribution is 2.18. The van der Waals surface area contributed by atoms with Crippen LogP contribution in [0.25, 0.3) is 0 Å². The minimum Gasteiger partial charge on any atom is -0.343 e. The molecule has 2 N–H and O–H groups in total. The Labute approximate surface area is 190 Å². The topological polar surface area (TPSA) is 81.8 Å². The zero-order chi connectivity index (χ0) is 23.0. The highest BCUT2D eigenvalue weighted by Gasteiger charge is 2.35. The van der Waals surface area contributed by atoms with Gasteiger partial charge >= 0.3 is 6.03 Å². The van der Waals surface area contributed by atoms with Gasteiger partial charge in [-0.3, -0.25) is 9.59 Å². The minimum atomic E-state index is -0.558. The third-order valence-corrected chi connectivity index (χ3v) is 6.53. The molecule has 0 bridgehead atoms. The summed E-state index contributed by atoms with van der Waals surface area (Å²) in [6.07, 6.45) is 0.787. The van der Waals surface area contributed by atoms with Gasteiger partial charge in [-0.2, -0.15) is 0 Å². The van der Waals surface area contributed by atoms with Crippen LogP contribution in [0.1, 0.15) is 41.0 Å². The van der Waals surface area contributed by atoms with Crippen molar-refractivity contribution >= 4 is 29.6 Å². The average molecular weight is 449 g/mol. The Kier molecular flexibility index (Phi) is 9.68. The molecule has 0 aliphatic carbocycles. The van der Waals surface area contributed by atoms with Gasteiger partial charge in [0.05, 0.1) is 5.75 Å². The van der Waals surface area contributed by atoms with Crippen molar-refractivity contribution in [1.29, 1.82) is 0 Å². The number of hydrogen-bond acceptors (Lipinski definition) is 4. The first-order chi connectivity index (χ1) is 14.7. The van der Waals surface area contributed by atoms with Gasteiger partial charge in [0, 0.05) is 36.6 Å². The van der Waals surface area contributed by atoms with Crippen LogP contribution in [0.4, 0.5) is 4.79 Å². The molecular weight excluding hydrogens is 412 g/mol. The Hall–Kier alpha value is -2.22. The van der Waals surface area contributed by atoms with Crippen molar-refractivity contribution in [2.75, 3.05) is 25.4 Å². The molecule has 3 unspecified atom stereocenters. The summed E-state index contributed by atoms with van der Waals surface area (Å²) in [7, 11) is 0. The fourth-order valence-corrected chi connectivity index (χ4v) is 4.28. The third kappa shape index (κ3) is 7.45. The van der Waals surface area contributed by atoms with Crippen LogP contribution in [0.2, 0.25) is 0 Å². The summed E-state index contributed by atoms with van der Waals surface area (Å²) < 4.78 is 0.